The van der Waals surface area contributed by atoms with Crippen LogP contribution in [0.1, 0.15) is 18.4 Å². The summed E-state index contributed by atoms with van der Waals surface area (Å²) in [5.74, 6) is 1.41. The van der Waals surface area contributed by atoms with Crippen LogP contribution in [0.3, 0.4) is 0 Å². The highest BCUT2D eigenvalue weighted by Gasteiger charge is 2.22. The van der Waals surface area contributed by atoms with Gasteiger partial charge in [-0.15, -0.1) is 0 Å². The first-order chi connectivity index (χ1) is 15.2. The van der Waals surface area contributed by atoms with E-state index in [0.29, 0.717) is 24.6 Å². The highest BCUT2D eigenvalue weighted by molar-refractivity contribution is 7.71. The number of hydrogen-bond donors (Lipinski definition) is 0. The molecule has 1 fully saturated rings. The van der Waals surface area contributed by atoms with E-state index < -0.39 is 0 Å². The normalized spacial score (nSPS) is 19.1. The first-order valence-electron chi connectivity index (χ1n) is 10.7. The second kappa shape index (κ2) is 8.90. The van der Waals surface area contributed by atoms with Gasteiger partial charge in [0, 0.05) is 30.8 Å². The Bertz CT molecular complexity index is 1110. The molecule has 31 heavy (non-hydrogen) atoms. The van der Waals surface area contributed by atoms with Crippen LogP contribution in [0.25, 0.3) is 11.4 Å². The van der Waals surface area contributed by atoms with Crippen molar-refractivity contribution in [3.63, 3.8) is 0 Å². The zero-order valence-corrected chi connectivity index (χ0v) is 18.1. The molecule has 3 heterocycles. The van der Waals surface area contributed by atoms with Gasteiger partial charge in [0.2, 0.25) is 0 Å². The van der Waals surface area contributed by atoms with Crippen molar-refractivity contribution in [1.29, 1.82) is 0 Å². The molecule has 0 N–H and O–H groups in total. The van der Waals surface area contributed by atoms with Crippen molar-refractivity contribution in [2.24, 2.45) is 0 Å². The smallest absolute Gasteiger partial charge is 0.199 e. The summed E-state index contributed by atoms with van der Waals surface area (Å²) in [5.41, 5.74) is 2.00. The second-order valence-corrected chi connectivity index (χ2v) is 8.37. The predicted octanol–water partition coefficient (Wildman–Crippen LogP) is 4.25. The van der Waals surface area contributed by atoms with E-state index in [1.54, 1.807) is 12.1 Å². The topological polar surface area (TPSA) is 44.5 Å². The summed E-state index contributed by atoms with van der Waals surface area (Å²) in [6, 6.07) is 14.5. The van der Waals surface area contributed by atoms with E-state index in [-0.39, 0.29) is 11.9 Å². The average molecular weight is 441 g/mol. The number of halogens is 1. The third-order valence-electron chi connectivity index (χ3n) is 5.80. The van der Waals surface area contributed by atoms with Crippen LogP contribution >= 0.6 is 12.2 Å². The summed E-state index contributed by atoms with van der Waals surface area (Å²) in [6.45, 7) is 4.15. The SMILES string of the molecule is Fc1ccc(-c2nn(CN3CCOc4ccccc4C3)c(=S)n2CC2CCCO2)cc1. The summed E-state index contributed by atoms with van der Waals surface area (Å²) in [4.78, 5) is 2.28. The van der Waals surface area contributed by atoms with E-state index in [2.05, 4.69) is 11.0 Å². The van der Waals surface area contributed by atoms with Gasteiger partial charge in [-0.2, -0.15) is 5.10 Å². The first-order valence-corrected chi connectivity index (χ1v) is 11.1. The Kier molecular flexibility index (Phi) is 5.85. The minimum absolute atomic E-state index is 0.127. The molecular weight excluding hydrogens is 415 g/mol. The molecular formula is C23H25FN4O2S. The largest absolute Gasteiger partial charge is 0.492 e. The molecule has 162 valence electrons. The maximum absolute atomic E-state index is 13.5. The van der Waals surface area contributed by atoms with E-state index in [1.807, 2.05) is 27.4 Å². The Labute approximate surface area is 185 Å². The third kappa shape index (κ3) is 4.42. The third-order valence-corrected chi connectivity index (χ3v) is 6.23. The average Bonchev–Trinajstić information content (AvgIpc) is 3.33. The lowest BCUT2D eigenvalue weighted by Crippen LogP contribution is -2.29. The molecule has 2 aromatic carbocycles. The number of aromatic nitrogens is 3. The Balaban J connectivity index is 1.45. The lowest BCUT2D eigenvalue weighted by atomic mass is 10.2. The van der Waals surface area contributed by atoms with Gasteiger partial charge < -0.3 is 9.47 Å². The Morgan fingerprint density at radius 2 is 1.94 bits per heavy atom. The summed E-state index contributed by atoms with van der Waals surface area (Å²) in [7, 11) is 0. The van der Waals surface area contributed by atoms with Gasteiger partial charge in [0.1, 0.15) is 18.2 Å². The second-order valence-electron chi connectivity index (χ2n) is 8.01. The molecule has 0 bridgehead atoms. The molecule has 1 atom stereocenters. The van der Waals surface area contributed by atoms with Crippen molar-refractivity contribution in [3.05, 3.63) is 64.7 Å². The van der Waals surface area contributed by atoms with Crippen molar-refractivity contribution in [3.8, 4) is 17.1 Å². The summed E-state index contributed by atoms with van der Waals surface area (Å²) in [6.07, 6.45) is 2.20. The molecule has 0 radical (unpaired) electrons. The van der Waals surface area contributed by atoms with Crippen LogP contribution in [0, 0.1) is 10.6 Å². The van der Waals surface area contributed by atoms with Crippen molar-refractivity contribution in [1.82, 2.24) is 19.2 Å². The van der Waals surface area contributed by atoms with Gasteiger partial charge in [-0.05, 0) is 55.4 Å². The standard InChI is InChI=1S/C23H25FN4O2S/c24-19-9-7-17(8-10-19)22-25-28(23(31)27(22)15-20-5-3-12-29-20)16-26-11-13-30-21-6-2-1-4-18(21)14-26/h1-2,4,6-10,20H,3,5,11-16H2. The fourth-order valence-electron chi connectivity index (χ4n) is 4.19. The van der Waals surface area contributed by atoms with Crippen LogP contribution in [-0.4, -0.2) is 45.1 Å². The van der Waals surface area contributed by atoms with Gasteiger partial charge in [-0.1, -0.05) is 18.2 Å². The number of hydrogen-bond acceptors (Lipinski definition) is 5. The number of benzene rings is 2. The van der Waals surface area contributed by atoms with E-state index in [1.165, 1.54) is 12.1 Å². The molecule has 0 amide bonds. The van der Waals surface area contributed by atoms with Gasteiger partial charge in [-0.25, -0.2) is 9.07 Å². The monoisotopic (exact) mass is 440 g/mol. The predicted molar refractivity (Wildman–Crippen MR) is 118 cm³/mol. The number of nitrogens with zero attached hydrogens (tertiary/aromatic N) is 4. The summed E-state index contributed by atoms with van der Waals surface area (Å²) < 4.78 is 29.8. The molecule has 2 aliphatic rings. The van der Waals surface area contributed by atoms with Gasteiger partial charge in [-0.3, -0.25) is 9.47 Å². The van der Waals surface area contributed by atoms with Crippen LogP contribution in [0.2, 0.25) is 0 Å². The minimum Gasteiger partial charge on any atom is -0.492 e. The molecule has 6 nitrogen and oxygen atoms in total. The Morgan fingerprint density at radius 3 is 2.74 bits per heavy atom. The van der Waals surface area contributed by atoms with Crippen molar-refractivity contribution in [2.75, 3.05) is 19.8 Å². The van der Waals surface area contributed by atoms with Crippen LogP contribution < -0.4 is 4.74 Å². The Morgan fingerprint density at radius 1 is 1.10 bits per heavy atom. The lowest BCUT2D eigenvalue weighted by Gasteiger charge is -2.19. The lowest BCUT2D eigenvalue weighted by molar-refractivity contribution is 0.0966. The van der Waals surface area contributed by atoms with Gasteiger partial charge in [0.15, 0.2) is 10.6 Å². The molecule has 1 saturated heterocycles. The van der Waals surface area contributed by atoms with Crippen LogP contribution in [-0.2, 0) is 24.5 Å². The summed E-state index contributed by atoms with van der Waals surface area (Å²) >= 11 is 5.83. The zero-order valence-electron chi connectivity index (χ0n) is 17.2. The molecule has 3 aromatic rings. The van der Waals surface area contributed by atoms with E-state index in [9.17, 15) is 4.39 Å². The van der Waals surface area contributed by atoms with E-state index in [4.69, 9.17) is 26.8 Å². The maximum Gasteiger partial charge on any atom is 0.199 e. The quantitative estimate of drug-likeness (QED) is 0.555. The summed E-state index contributed by atoms with van der Waals surface area (Å²) in [5, 5.41) is 4.85. The van der Waals surface area contributed by atoms with Crippen molar-refractivity contribution in [2.45, 2.75) is 38.7 Å². The minimum atomic E-state index is -0.268. The molecule has 0 saturated carbocycles. The highest BCUT2D eigenvalue weighted by atomic mass is 32.1. The molecule has 8 heteroatoms. The molecule has 2 aliphatic heterocycles. The van der Waals surface area contributed by atoms with Crippen LogP contribution in [0.15, 0.2) is 48.5 Å². The van der Waals surface area contributed by atoms with Crippen molar-refractivity contribution < 1.29 is 13.9 Å². The number of para-hydroxylation sites is 1. The van der Waals surface area contributed by atoms with Gasteiger partial charge in [0.25, 0.3) is 0 Å². The maximum atomic E-state index is 13.5. The van der Waals surface area contributed by atoms with Gasteiger partial charge >= 0.3 is 0 Å². The van der Waals surface area contributed by atoms with Crippen molar-refractivity contribution >= 4 is 12.2 Å². The molecule has 1 aromatic heterocycles. The fourth-order valence-corrected chi connectivity index (χ4v) is 4.45. The fraction of sp³-hybridized carbons (Fsp3) is 0.391. The van der Waals surface area contributed by atoms with Crippen LogP contribution in [0.4, 0.5) is 4.39 Å². The molecule has 1 unspecified atom stereocenters. The van der Waals surface area contributed by atoms with Gasteiger partial charge in [0.05, 0.1) is 19.3 Å². The first kappa shape index (κ1) is 20.4. The number of ether oxygens (including phenoxy) is 2. The number of rotatable bonds is 5. The Hall–Kier alpha value is -2.55. The van der Waals surface area contributed by atoms with E-state index >= 15 is 0 Å². The molecule has 0 spiro atoms. The number of fused-ring (bicyclic) bond motifs is 1. The van der Waals surface area contributed by atoms with Crippen LogP contribution in [0.5, 0.6) is 5.75 Å². The van der Waals surface area contributed by atoms with E-state index in [0.717, 1.165) is 55.2 Å². The molecule has 5 rings (SSSR count). The molecule has 0 aliphatic carbocycles. The highest BCUT2D eigenvalue weighted by Crippen LogP contribution is 2.25. The zero-order chi connectivity index (χ0) is 21.2.